The Morgan fingerprint density at radius 2 is 2.17 bits per heavy atom. The molecule has 122 valence electrons. The SMILES string of the molecule is Cc1nn(C)c2ncc(C(N)=O)c(Nc3cccc([N+](=O)[O-])c3)c12. The van der Waals surface area contributed by atoms with E-state index in [1.165, 1.54) is 18.3 Å². The second kappa shape index (κ2) is 5.61. The number of non-ortho nitro benzene ring substituents is 1. The molecule has 2 aromatic heterocycles. The van der Waals surface area contributed by atoms with Crippen LogP contribution in [-0.4, -0.2) is 25.6 Å². The molecule has 0 saturated carbocycles. The molecule has 0 unspecified atom stereocenters. The molecule has 3 N–H and O–H groups in total. The van der Waals surface area contributed by atoms with Gasteiger partial charge in [0.25, 0.3) is 11.6 Å². The molecule has 24 heavy (non-hydrogen) atoms. The molecule has 1 amide bonds. The fourth-order valence-electron chi connectivity index (χ4n) is 2.57. The number of nitrogens with zero attached hydrogens (tertiary/aromatic N) is 4. The minimum absolute atomic E-state index is 0.0613. The third kappa shape index (κ3) is 2.51. The molecule has 0 spiro atoms. The number of benzene rings is 1. The number of rotatable bonds is 4. The van der Waals surface area contributed by atoms with Gasteiger partial charge in [-0.2, -0.15) is 5.10 Å². The summed E-state index contributed by atoms with van der Waals surface area (Å²) in [5, 5.41) is 18.9. The molecule has 3 rings (SSSR count). The quantitative estimate of drug-likeness (QED) is 0.557. The minimum Gasteiger partial charge on any atom is -0.365 e. The van der Waals surface area contributed by atoms with E-state index in [1.807, 2.05) is 0 Å². The fraction of sp³-hybridized carbons (Fsp3) is 0.133. The van der Waals surface area contributed by atoms with Crippen molar-refractivity contribution in [3.05, 3.63) is 51.8 Å². The van der Waals surface area contributed by atoms with Crippen LogP contribution in [0.2, 0.25) is 0 Å². The molecule has 0 saturated heterocycles. The van der Waals surface area contributed by atoms with Crippen molar-refractivity contribution in [3.63, 3.8) is 0 Å². The second-order valence-corrected chi connectivity index (χ2v) is 5.25. The molecule has 0 radical (unpaired) electrons. The highest BCUT2D eigenvalue weighted by molar-refractivity contribution is 6.07. The van der Waals surface area contributed by atoms with E-state index in [4.69, 9.17) is 5.73 Å². The van der Waals surface area contributed by atoms with Crippen molar-refractivity contribution in [2.45, 2.75) is 6.92 Å². The van der Waals surface area contributed by atoms with Gasteiger partial charge in [-0.1, -0.05) is 6.07 Å². The maximum absolute atomic E-state index is 11.8. The Morgan fingerprint density at radius 1 is 1.42 bits per heavy atom. The monoisotopic (exact) mass is 326 g/mol. The van der Waals surface area contributed by atoms with Gasteiger partial charge in [0, 0.05) is 31.1 Å². The molecule has 1 aromatic carbocycles. The van der Waals surface area contributed by atoms with Gasteiger partial charge in [0.15, 0.2) is 5.65 Å². The van der Waals surface area contributed by atoms with E-state index in [1.54, 1.807) is 30.8 Å². The topological polar surface area (TPSA) is 129 Å². The number of primary amides is 1. The van der Waals surface area contributed by atoms with E-state index < -0.39 is 10.8 Å². The summed E-state index contributed by atoms with van der Waals surface area (Å²) in [5.41, 5.74) is 7.69. The maximum atomic E-state index is 11.8. The lowest BCUT2D eigenvalue weighted by Crippen LogP contribution is -2.14. The van der Waals surface area contributed by atoms with E-state index in [0.717, 1.165) is 0 Å². The van der Waals surface area contributed by atoms with Gasteiger partial charge in [0.1, 0.15) is 0 Å². The predicted molar refractivity (Wildman–Crippen MR) is 88.1 cm³/mol. The average Bonchev–Trinajstić information content (AvgIpc) is 2.82. The summed E-state index contributed by atoms with van der Waals surface area (Å²) >= 11 is 0. The number of aryl methyl sites for hydroxylation is 2. The maximum Gasteiger partial charge on any atom is 0.271 e. The van der Waals surface area contributed by atoms with Crippen LogP contribution < -0.4 is 11.1 Å². The average molecular weight is 326 g/mol. The van der Waals surface area contributed by atoms with E-state index >= 15 is 0 Å². The number of nitrogens with two attached hydrogens (primary N) is 1. The Kier molecular flexibility index (Phi) is 3.60. The first-order valence-corrected chi connectivity index (χ1v) is 7.02. The van der Waals surface area contributed by atoms with Crippen LogP contribution in [0.1, 0.15) is 16.1 Å². The zero-order chi connectivity index (χ0) is 17.4. The summed E-state index contributed by atoms with van der Waals surface area (Å²) in [7, 11) is 1.74. The molecule has 0 aliphatic carbocycles. The van der Waals surface area contributed by atoms with Crippen LogP contribution in [-0.2, 0) is 7.05 Å². The molecule has 0 atom stereocenters. The number of carbonyl (C=O) groups is 1. The first-order valence-electron chi connectivity index (χ1n) is 7.02. The van der Waals surface area contributed by atoms with Crippen molar-refractivity contribution in [2.75, 3.05) is 5.32 Å². The van der Waals surface area contributed by atoms with Crippen LogP contribution in [0.3, 0.4) is 0 Å². The molecular weight excluding hydrogens is 312 g/mol. The highest BCUT2D eigenvalue weighted by Crippen LogP contribution is 2.31. The fourth-order valence-corrected chi connectivity index (χ4v) is 2.57. The summed E-state index contributed by atoms with van der Waals surface area (Å²) in [6, 6.07) is 5.98. The van der Waals surface area contributed by atoms with Crippen LogP contribution in [0, 0.1) is 17.0 Å². The summed E-state index contributed by atoms with van der Waals surface area (Å²) in [4.78, 5) is 26.4. The number of pyridine rings is 1. The zero-order valence-electron chi connectivity index (χ0n) is 13.0. The van der Waals surface area contributed by atoms with Gasteiger partial charge in [-0.25, -0.2) is 4.98 Å². The number of hydrogen-bond donors (Lipinski definition) is 2. The van der Waals surface area contributed by atoms with Gasteiger partial charge < -0.3 is 11.1 Å². The van der Waals surface area contributed by atoms with E-state index in [0.29, 0.717) is 28.1 Å². The van der Waals surface area contributed by atoms with Crippen LogP contribution >= 0.6 is 0 Å². The van der Waals surface area contributed by atoms with Gasteiger partial charge in [0.05, 0.1) is 27.3 Å². The van der Waals surface area contributed by atoms with Gasteiger partial charge >= 0.3 is 0 Å². The van der Waals surface area contributed by atoms with Gasteiger partial charge in [-0.3, -0.25) is 19.6 Å². The van der Waals surface area contributed by atoms with Gasteiger partial charge in [0.2, 0.25) is 0 Å². The Labute approximate surface area is 136 Å². The number of fused-ring (bicyclic) bond motifs is 1. The molecular formula is C15H14N6O3. The molecule has 9 nitrogen and oxygen atoms in total. The number of nitro benzene ring substituents is 1. The molecule has 9 heteroatoms. The lowest BCUT2D eigenvalue weighted by atomic mass is 10.1. The number of aromatic nitrogens is 3. The Balaban J connectivity index is 2.20. The van der Waals surface area contributed by atoms with Crippen molar-refractivity contribution in [1.29, 1.82) is 0 Å². The molecule has 0 bridgehead atoms. The van der Waals surface area contributed by atoms with E-state index in [2.05, 4.69) is 15.4 Å². The van der Waals surface area contributed by atoms with Crippen molar-refractivity contribution >= 4 is 34.0 Å². The molecule has 0 fully saturated rings. The zero-order valence-corrected chi connectivity index (χ0v) is 13.0. The third-order valence-corrected chi connectivity index (χ3v) is 3.62. The predicted octanol–water partition coefficient (Wildman–Crippen LogP) is 2.03. The van der Waals surface area contributed by atoms with Crippen LogP contribution in [0.15, 0.2) is 30.5 Å². The number of hydrogen-bond acceptors (Lipinski definition) is 6. The second-order valence-electron chi connectivity index (χ2n) is 5.25. The molecule has 0 aliphatic rings. The minimum atomic E-state index is -0.652. The Bertz CT molecular complexity index is 979. The largest absolute Gasteiger partial charge is 0.365 e. The van der Waals surface area contributed by atoms with Crippen molar-refractivity contribution in [2.24, 2.45) is 12.8 Å². The van der Waals surface area contributed by atoms with Crippen LogP contribution in [0.25, 0.3) is 11.0 Å². The normalized spacial score (nSPS) is 10.8. The molecule has 3 aromatic rings. The summed E-state index contributed by atoms with van der Waals surface area (Å²) in [6.45, 7) is 1.79. The molecule has 2 heterocycles. The smallest absolute Gasteiger partial charge is 0.271 e. The Morgan fingerprint density at radius 3 is 2.83 bits per heavy atom. The number of nitro groups is 1. The lowest BCUT2D eigenvalue weighted by molar-refractivity contribution is -0.384. The van der Waals surface area contributed by atoms with Gasteiger partial charge in [-0.05, 0) is 13.0 Å². The van der Waals surface area contributed by atoms with Crippen molar-refractivity contribution < 1.29 is 9.72 Å². The number of carbonyl (C=O) groups excluding carboxylic acids is 1. The van der Waals surface area contributed by atoms with E-state index in [9.17, 15) is 14.9 Å². The van der Waals surface area contributed by atoms with Crippen molar-refractivity contribution in [1.82, 2.24) is 14.8 Å². The van der Waals surface area contributed by atoms with Gasteiger partial charge in [-0.15, -0.1) is 0 Å². The molecule has 0 aliphatic heterocycles. The first-order chi connectivity index (χ1) is 11.4. The number of amides is 1. The van der Waals surface area contributed by atoms with Crippen LogP contribution in [0.5, 0.6) is 0 Å². The Hall–Kier alpha value is -3.49. The summed E-state index contributed by atoms with van der Waals surface area (Å²) < 4.78 is 1.59. The summed E-state index contributed by atoms with van der Waals surface area (Å²) in [6.07, 6.45) is 1.37. The highest BCUT2D eigenvalue weighted by Gasteiger charge is 2.19. The van der Waals surface area contributed by atoms with Crippen LogP contribution in [0.4, 0.5) is 17.1 Å². The standard InChI is InChI=1S/C15H14N6O3/c1-8-12-13(18-9-4-3-5-10(6-9)21(23)24)11(14(16)22)7-17-15(12)20(2)19-8/h3-7H,1-2H3,(H2,16,22)(H,17,18). The number of nitrogens with one attached hydrogen (secondary N) is 1. The lowest BCUT2D eigenvalue weighted by Gasteiger charge is -2.11. The highest BCUT2D eigenvalue weighted by atomic mass is 16.6. The number of anilines is 2. The summed E-state index contributed by atoms with van der Waals surface area (Å²) in [5.74, 6) is -0.652. The van der Waals surface area contributed by atoms with E-state index in [-0.39, 0.29) is 11.3 Å². The van der Waals surface area contributed by atoms with Crippen molar-refractivity contribution in [3.8, 4) is 0 Å². The third-order valence-electron chi connectivity index (χ3n) is 3.62. The first kappa shape index (κ1) is 15.4.